The number of ketones is 1. The normalized spacial score (nSPS) is 11.6. The van der Waals surface area contributed by atoms with Gasteiger partial charge in [0.25, 0.3) is 0 Å². The lowest BCUT2D eigenvalue weighted by Gasteiger charge is -2.16. The Morgan fingerprint density at radius 3 is 2.26 bits per heavy atom. The van der Waals surface area contributed by atoms with Gasteiger partial charge in [0.2, 0.25) is 6.41 Å². The van der Waals surface area contributed by atoms with E-state index in [9.17, 15) is 28.7 Å². The van der Waals surface area contributed by atoms with Crippen molar-refractivity contribution in [2.75, 3.05) is 45.6 Å². The molecule has 0 spiro atoms. The summed E-state index contributed by atoms with van der Waals surface area (Å²) >= 11 is 0. The third-order valence-corrected chi connectivity index (χ3v) is 6.05. The topological polar surface area (TPSA) is 227 Å². The van der Waals surface area contributed by atoms with Crippen LogP contribution in [-0.4, -0.2) is 90.5 Å². The van der Waals surface area contributed by atoms with Crippen molar-refractivity contribution in [3.05, 3.63) is 64.0 Å². The van der Waals surface area contributed by atoms with Gasteiger partial charge in [-0.2, -0.15) is 0 Å². The number of carboxylic acids is 1. The maximum atomic E-state index is 13.3. The van der Waals surface area contributed by atoms with E-state index >= 15 is 0 Å². The number of carbonyl (C=O) groups excluding carboxylic acids is 3. The van der Waals surface area contributed by atoms with Gasteiger partial charge in [-0.3, -0.25) is 14.4 Å². The number of nitrogens with two attached hydrogens (primary N) is 3. The number of amides is 1. The standard InChI is InChI=1S/C16H17FN2O.C10H22N2O3.C5H8N2O3.C2H6/c1-3-13-6-10(2)16(19-13)7-11(9-20)14-8-12(17)4-5-15(14)18;1-3-15-6-4-5-11-7-10(14)8-12(2)9-13;1-2(8)3(6)4(7)5(9)10;1-2/h4-9,19H,3,18H2,1-2H3;9-11,14H,3-8H2,1-2H3;6-7H2,1H3,(H,9,10);1-2H3/b11-7+;;4-3-;. The van der Waals surface area contributed by atoms with Crippen LogP contribution in [0.3, 0.4) is 0 Å². The number of benzene rings is 1. The second-order valence-electron chi connectivity index (χ2n) is 9.84. The van der Waals surface area contributed by atoms with Gasteiger partial charge in [-0.25, -0.2) is 9.18 Å². The van der Waals surface area contributed by atoms with Gasteiger partial charge >= 0.3 is 5.97 Å². The molecule has 0 saturated carbocycles. The van der Waals surface area contributed by atoms with Crippen LogP contribution in [0.2, 0.25) is 0 Å². The fourth-order valence-electron chi connectivity index (χ4n) is 3.55. The smallest absolute Gasteiger partial charge is 0.354 e. The molecule has 1 atom stereocenters. The summed E-state index contributed by atoms with van der Waals surface area (Å²) in [6.45, 7) is 14.3. The Balaban J connectivity index is 0. The highest BCUT2D eigenvalue weighted by molar-refractivity contribution is 6.15. The molecule has 2 rings (SSSR count). The van der Waals surface area contributed by atoms with Crippen LogP contribution in [-0.2, 0) is 30.3 Å². The number of H-pyrrole nitrogens is 1. The molecule has 0 aliphatic carbocycles. The zero-order chi connectivity index (χ0) is 36.5. The van der Waals surface area contributed by atoms with Gasteiger partial charge in [0.15, 0.2) is 12.1 Å². The first-order chi connectivity index (χ1) is 22.2. The van der Waals surface area contributed by atoms with E-state index in [1.807, 2.05) is 40.7 Å². The molecule has 0 saturated heterocycles. The summed E-state index contributed by atoms with van der Waals surface area (Å²) in [5, 5.41) is 20.7. The molecule has 10 N–H and O–H groups in total. The van der Waals surface area contributed by atoms with Gasteiger partial charge in [-0.1, -0.05) is 20.8 Å². The largest absolute Gasteiger partial charge is 0.477 e. The lowest BCUT2D eigenvalue weighted by molar-refractivity contribution is -0.133. The fourth-order valence-corrected chi connectivity index (χ4v) is 3.55. The van der Waals surface area contributed by atoms with Crippen LogP contribution in [0.25, 0.3) is 11.6 Å². The molecule has 47 heavy (non-hydrogen) atoms. The molecule has 1 aromatic heterocycles. The number of hydrogen-bond donors (Lipinski definition) is 7. The predicted molar refractivity (Wildman–Crippen MR) is 183 cm³/mol. The number of Topliss-reactive ketones (excluding diaryl/α,β-unsaturated/α-hetero) is 1. The average Bonchev–Trinajstić information content (AvgIpc) is 3.42. The first-order valence-corrected chi connectivity index (χ1v) is 15.2. The summed E-state index contributed by atoms with van der Waals surface area (Å²) < 4.78 is 18.5. The SMILES string of the molecule is CC.CC(=O)/C(N)=C(/N)C(=O)O.CCOCCCNCC(O)CN(C)C=O.CCc1cc(C)c(/C=C(\C=O)c2cc(F)ccc2N)[nH]1. The number of ether oxygens (including phenoxy) is 1. The van der Waals surface area contributed by atoms with E-state index < -0.39 is 35.1 Å². The van der Waals surface area contributed by atoms with E-state index in [4.69, 9.17) is 27.0 Å². The number of carbonyl (C=O) groups is 4. The van der Waals surface area contributed by atoms with Crippen LogP contribution >= 0.6 is 0 Å². The number of aromatic nitrogens is 1. The molecule has 13 nitrogen and oxygen atoms in total. The van der Waals surface area contributed by atoms with E-state index in [0.29, 0.717) is 42.6 Å². The molecule has 1 unspecified atom stereocenters. The maximum absolute atomic E-state index is 13.3. The Morgan fingerprint density at radius 1 is 1.15 bits per heavy atom. The molecule has 0 bridgehead atoms. The minimum Gasteiger partial charge on any atom is -0.477 e. The number of allylic oxidation sites excluding steroid dienone is 2. The minimum atomic E-state index is -1.38. The summed E-state index contributed by atoms with van der Waals surface area (Å²) in [7, 11) is 1.64. The zero-order valence-electron chi connectivity index (χ0n) is 28.6. The second kappa shape index (κ2) is 25.6. The Hall–Kier alpha value is -4.53. The van der Waals surface area contributed by atoms with Gasteiger partial charge < -0.3 is 47.4 Å². The number of aryl methyl sites for hydroxylation is 2. The van der Waals surface area contributed by atoms with Crippen LogP contribution in [0, 0.1) is 12.7 Å². The summed E-state index contributed by atoms with van der Waals surface area (Å²) in [5.41, 5.74) is 18.8. The number of anilines is 1. The highest BCUT2D eigenvalue weighted by Gasteiger charge is 2.11. The zero-order valence-corrected chi connectivity index (χ0v) is 28.6. The molecule has 0 radical (unpaired) electrons. The summed E-state index contributed by atoms with van der Waals surface area (Å²) in [5.74, 6) is -2.34. The first-order valence-electron chi connectivity index (χ1n) is 15.2. The molecule has 0 fully saturated rings. The highest BCUT2D eigenvalue weighted by Crippen LogP contribution is 2.24. The van der Waals surface area contributed by atoms with Crippen LogP contribution in [0.4, 0.5) is 10.1 Å². The number of nitrogen functional groups attached to an aromatic ring is 1. The molecule has 2 aromatic rings. The third kappa shape index (κ3) is 18.9. The van der Waals surface area contributed by atoms with Crippen molar-refractivity contribution >= 4 is 41.8 Å². The fraction of sp³-hybridized carbons (Fsp3) is 0.455. The van der Waals surface area contributed by atoms with Crippen molar-refractivity contribution in [3.63, 3.8) is 0 Å². The van der Waals surface area contributed by atoms with Gasteiger partial charge in [-0.15, -0.1) is 0 Å². The van der Waals surface area contributed by atoms with Crippen molar-refractivity contribution in [2.24, 2.45) is 11.5 Å². The molecular weight excluding hydrogens is 611 g/mol. The lowest BCUT2D eigenvalue weighted by Crippen LogP contribution is -2.36. The van der Waals surface area contributed by atoms with Crippen molar-refractivity contribution in [3.8, 4) is 0 Å². The van der Waals surface area contributed by atoms with Crippen LogP contribution in [0.1, 0.15) is 63.6 Å². The van der Waals surface area contributed by atoms with Crippen LogP contribution in [0.15, 0.2) is 35.7 Å². The van der Waals surface area contributed by atoms with Gasteiger partial charge in [0.1, 0.15) is 17.2 Å². The van der Waals surface area contributed by atoms with Crippen LogP contribution < -0.4 is 22.5 Å². The van der Waals surface area contributed by atoms with E-state index in [-0.39, 0.29) is 0 Å². The van der Waals surface area contributed by atoms with Gasteiger partial charge in [0, 0.05) is 68.5 Å². The van der Waals surface area contributed by atoms with E-state index in [1.54, 1.807) is 13.1 Å². The Morgan fingerprint density at radius 2 is 1.79 bits per heavy atom. The number of halogens is 1. The number of carboxylic acid groups (broad SMARTS) is 1. The number of aliphatic carboxylic acids is 1. The van der Waals surface area contributed by atoms with Crippen molar-refractivity contribution in [2.45, 2.75) is 60.5 Å². The predicted octanol–water partition coefficient (Wildman–Crippen LogP) is 2.61. The van der Waals surface area contributed by atoms with Crippen LogP contribution in [0.5, 0.6) is 0 Å². The third-order valence-electron chi connectivity index (χ3n) is 6.05. The molecule has 0 aliphatic rings. The molecule has 1 heterocycles. The Kier molecular flexibility index (Phi) is 24.3. The summed E-state index contributed by atoms with van der Waals surface area (Å²) in [4.78, 5) is 46.6. The quantitative estimate of drug-likeness (QED) is 0.0597. The first kappa shape index (κ1) is 44.6. The monoisotopic (exact) mass is 664 g/mol. The Bertz CT molecular complexity index is 1290. The number of aromatic amines is 1. The Labute approximate surface area is 277 Å². The molecule has 264 valence electrons. The van der Waals surface area contributed by atoms with E-state index in [2.05, 4.69) is 10.3 Å². The van der Waals surface area contributed by atoms with Gasteiger partial charge in [-0.05, 0) is 69.1 Å². The number of hydrogen-bond acceptors (Lipinski definition) is 10. The average molecular weight is 665 g/mol. The summed E-state index contributed by atoms with van der Waals surface area (Å²) in [6.07, 6.45) is 4.41. The molecule has 0 aliphatic heterocycles. The van der Waals surface area contributed by atoms with Gasteiger partial charge in [0.05, 0.1) is 6.10 Å². The van der Waals surface area contributed by atoms with E-state index in [1.165, 1.54) is 23.1 Å². The van der Waals surface area contributed by atoms with Crippen molar-refractivity contribution in [1.82, 2.24) is 15.2 Å². The molecule has 14 heteroatoms. The van der Waals surface area contributed by atoms with E-state index in [0.717, 1.165) is 56.5 Å². The number of aliphatic hydroxyl groups excluding tert-OH is 1. The number of likely N-dealkylation sites (N-methyl/N-ethyl adjacent to an activating group) is 1. The number of aldehydes is 1. The molecule has 1 amide bonds. The second-order valence-corrected chi connectivity index (χ2v) is 9.84. The highest BCUT2D eigenvalue weighted by atomic mass is 19.1. The van der Waals surface area contributed by atoms with Crippen molar-refractivity contribution in [1.29, 1.82) is 0 Å². The maximum Gasteiger partial charge on any atom is 0.354 e. The number of rotatable bonds is 16. The molecular formula is C33H53FN6O7. The minimum absolute atomic E-state index is 0.356. The number of aliphatic hydroxyl groups is 1. The lowest BCUT2D eigenvalue weighted by atomic mass is 10.0. The number of nitrogens with one attached hydrogen (secondary N) is 2. The summed E-state index contributed by atoms with van der Waals surface area (Å²) in [6, 6.07) is 6.04. The molecule has 1 aromatic carbocycles. The van der Waals surface area contributed by atoms with Crippen molar-refractivity contribution < 1.29 is 38.5 Å². The number of nitrogens with zero attached hydrogens (tertiary/aromatic N) is 1.